The molecule has 28 heavy (non-hydrogen) atoms. The number of nitrogens with two attached hydrogens (primary N) is 1. The van der Waals surface area contributed by atoms with Crippen LogP contribution in [0, 0.1) is 5.92 Å². The largest absolute Gasteiger partial charge is 0.374 e. The maximum Gasteiger partial charge on any atom is 0.239 e. The smallest absolute Gasteiger partial charge is 0.239 e. The lowest BCUT2D eigenvalue weighted by Gasteiger charge is -2.20. The van der Waals surface area contributed by atoms with Gasteiger partial charge in [0.05, 0.1) is 31.8 Å². The summed E-state index contributed by atoms with van der Waals surface area (Å²) in [6.45, 7) is 4.38. The van der Waals surface area contributed by atoms with Gasteiger partial charge in [-0.1, -0.05) is 74.5 Å². The highest BCUT2D eigenvalue weighted by Crippen LogP contribution is 2.14. The number of carbonyl (C=O) groups is 2. The van der Waals surface area contributed by atoms with E-state index in [1.54, 1.807) is 0 Å². The summed E-state index contributed by atoms with van der Waals surface area (Å²) in [4.78, 5) is 24.3. The molecular weight excluding hydrogens is 354 g/mol. The molecule has 2 amide bonds. The zero-order valence-corrected chi connectivity index (χ0v) is 16.4. The highest BCUT2D eigenvalue weighted by molar-refractivity contribution is 5.87. The molecule has 0 saturated heterocycles. The molecule has 0 fully saturated rings. The molecule has 0 saturated carbocycles. The Kier molecular flexibility index (Phi) is 8.65. The predicted octanol–water partition coefficient (Wildman–Crippen LogP) is 2.16. The zero-order valence-electron chi connectivity index (χ0n) is 16.4. The van der Waals surface area contributed by atoms with E-state index in [1.165, 1.54) is 0 Å². The van der Waals surface area contributed by atoms with Gasteiger partial charge in [0.15, 0.2) is 0 Å². The van der Waals surface area contributed by atoms with E-state index in [0.29, 0.717) is 13.2 Å². The minimum atomic E-state index is -0.632. The van der Waals surface area contributed by atoms with Crippen LogP contribution in [0.3, 0.4) is 0 Å². The van der Waals surface area contributed by atoms with Crippen molar-refractivity contribution in [3.63, 3.8) is 0 Å². The maximum absolute atomic E-state index is 12.3. The van der Waals surface area contributed by atoms with Gasteiger partial charge in [0.1, 0.15) is 0 Å². The molecule has 4 N–H and O–H groups in total. The van der Waals surface area contributed by atoms with Gasteiger partial charge >= 0.3 is 0 Å². The van der Waals surface area contributed by atoms with Crippen molar-refractivity contribution in [1.29, 1.82) is 0 Å². The van der Waals surface area contributed by atoms with Gasteiger partial charge in [0.2, 0.25) is 11.8 Å². The second-order valence-electron chi connectivity index (χ2n) is 7.02. The molecule has 2 rings (SSSR count). The van der Waals surface area contributed by atoms with Crippen LogP contribution in [0.5, 0.6) is 0 Å². The number of hydrogen-bond acceptors (Lipinski definition) is 4. The molecule has 150 valence electrons. The van der Waals surface area contributed by atoms with E-state index in [4.69, 9.17) is 10.5 Å². The second-order valence-corrected chi connectivity index (χ2v) is 7.02. The third-order valence-corrected chi connectivity index (χ3v) is 4.38. The number of nitrogens with one attached hydrogen (secondary N) is 2. The summed E-state index contributed by atoms with van der Waals surface area (Å²) in [6, 6.07) is 18.5. The van der Waals surface area contributed by atoms with Crippen LogP contribution in [0.25, 0.3) is 0 Å². The van der Waals surface area contributed by atoms with E-state index >= 15 is 0 Å². The highest BCUT2D eigenvalue weighted by Gasteiger charge is 2.19. The average molecular weight is 383 g/mol. The maximum atomic E-state index is 12.3. The third kappa shape index (κ3) is 7.13. The van der Waals surface area contributed by atoms with E-state index < -0.39 is 6.04 Å². The lowest BCUT2D eigenvalue weighted by atomic mass is 10.1. The molecule has 6 heteroatoms. The minimum Gasteiger partial charge on any atom is -0.374 e. The van der Waals surface area contributed by atoms with E-state index in [-0.39, 0.29) is 30.3 Å². The quantitative estimate of drug-likeness (QED) is 0.586. The van der Waals surface area contributed by atoms with Gasteiger partial charge in [0, 0.05) is 0 Å². The molecule has 2 aromatic rings. The Hall–Kier alpha value is -2.70. The van der Waals surface area contributed by atoms with Crippen LogP contribution >= 0.6 is 0 Å². The van der Waals surface area contributed by atoms with Gasteiger partial charge in [-0.3, -0.25) is 9.59 Å². The second kappa shape index (κ2) is 11.2. The highest BCUT2D eigenvalue weighted by atomic mass is 16.5. The Morgan fingerprint density at radius 3 is 2.21 bits per heavy atom. The molecule has 0 aromatic heterocycles. The lowest BCUT2D eigenvalue weighted by molar-refractivity contribution is -0.127. The summed E-state index contributed by atoms with van der Waals surface area (Å²) < 4.78 is 5.81. The fourth-order valence-corrected chi connectivity index (χ4v) is 2.61. The predicted molar refractivity (Wildman–Crippen MR) is 109 cm³/mol. The summed E-state index contributed by atoms with van der Waals surface area (Å²) in [5, 5.41) is 5.51. The number of hydrogen-bond donors (Lipinski definition) is 3. The van der Waals surface area contributed by atoms with Crippen molar-refractivity contribution in [2.24, 2.45) is 11.7 Å². The van der Waals surface area contributed by atoms with Gasteiger partial charge in [-0.15, -0.1) is 0 Å². The molecule has 0 aliphatic rings. The Morgan fingerprint density at radius 1 is 1.00 bits per heavy atom. The van der Waals surface area contributed by atoms with E-state index in [0.717, 1.165) is 11.1 Å². The van der Waals surface area contributed by atoms with Crippen LogP contribution in [0.4, 0.5) is 0 Å². The molecule has 2 atom stereocenters. The summed E-state index contributed by atoms with van der Waals surface area (Å²) in [7, 11) is 0. The fourth-order valence-electron chi connectivity index (χ4n) is 2.61. The first kappa shape index (κ1) is 21.6. The Labute approximate surface area is 166 Å². The molecule has 0 aliphatic heterocycles. The van der Waals surface area contributed by atoms with Gasteiger partial charge in [-0.25, -0.2) is 0 Å². The molecule has 0 bridgehead atoms. The molecule has 1 unspecified atom stereocenters. The van der Waals surface area contributed by atoms with E-state index in [1.807, 2.05) is 74.5 Å². The normalized spacial score (nSPS) is 13.0. The summed E-state index contributed by atoms with van der Waals surface area (Å²) in [5.41, 5.74) is 7.80. The Bertz CT molecular complexity index is 735. The van der Waals surface area contributed by atoms with Crippen molar-refractivity contribution in [3.05, 3.63) is 71.8 Å². The van der Waals surface area contributed by atoms with Crippen molar-refractivity contribution in [2.75, 3.05) is 13.2 Å². The SMILES string of the molecule is CC(C)[C@H](N)C(=O)NCC(=O)NC(COCc1ccccc1)c1ccccc1. The average Bonchev–Trinajstić information content (AvgIpc) is 2.72. The van der Waals surface area contributed by atoms with Gasteiger partial charge in [0.25, 0.3) is 0 Å². The summed E-state index contributed by atoms with van der Waals surface area (Å²) in [6.07, 6.45) is 0. The van der Waals surface area contributed by atoms with E-state index in [9.17, 15) is 9.59 Å². The van der Waals surface area contributed by atoms with Crippen molar-refractivity contribution >= 4 is 11.8 Å². The number of rotatable bonds is 10. The summed E-state index contributed by atoms with van der Waals surface area (Å²) in [5.74, 6) is -0.616. The van der Waals surface area contributed by atoms with Crippen LogP contribution in [0.15, 0.2) is 60.7 Å². The minimum absolute atomic E-state index is 0.00603. The van der Waals surface area contributed by atoms with Crippen LogP contribution in [-0.2, 0) is 20.9 Å². The standard InChI is InChI=1S/C22H29N3O3/c1-16(2)21(23)22(27)24-13-20(26)25-19(18-11-7-4-8-12-18)15-28-14-17-9-5-3-6-10-17/h3-12,16,19,21H,13-15,23H2,1-2H3,(H,24,27)(H,25,26)/t19?,21-/m0/s1. The molecule has 0 heterocycles. The number of carbonyl (C=O) groups excluding carboxylic acids is 2. The first-order valence-electron chi connectivity index (χ1n) is 9.46. The fraction of sp³-hybridized carbons (Fsp3) is 0.364. The molecule has 6 nitrogen and oxygen atoms in total. The molecule has 0 spiro atoms. The zero-order chi connectivity index (χ0) is 20.4. The Morgan fingerprint density at radius 2 is 1.61 bits per heavy atom. The topological polar surface area (TPSA) is 93.5 Å². The van der Waals surface area contributed by atoms with Crippen molar-refractivity contribution in [2.45, 2.75) is 32.5 Å². The van der Waals surface area contributed by atoms with Gasteiger partial charge in [-0.05, 0) is 17.0 Å². The first-order valence-corrected chi connectivity index (χ1v) is 9.46. The van der Waals surface area contributed by atoms with Crippen LogP contribution in [0.2, 0.25) is 0 Å². The number of amides is 2. The first-order chi connectivity index (χ1) is 13.5. The van der Waals surface area contributed by atoms with Gasteiger partial charge < -0.3 is 21.1 Å². The number of benzene rings is 2. The van der Waals surface area contributed by atoms with Gasteiger partial charge in [-0.2, -0.15) is 0 Å². The van der Waals surface area contributed by atoms with E-state index in [2.05, 4.69) is 10.6 Å². The molecule has 2 aromatic carbocycles. The molecule has 0 aliphatic carbocycles. The summed E-state index contributed by atoms with van der Waals surface area (Å²) >= 11 is 0. The lowest BCUT2D eigenvalue weighted by Crippen LogP contribution is -2.47. The third-order valence-electron chi connectivity index (χ3n) is 4.38. The van der Waals surface area contributed by atoms with Crippen molar-refractivity contribution in [1.82, 2.24) is 10.6 Å². The molecule has 0 radical (unpaired) electrons. The van der Waals surface area contributed by atoms with Crippen LogP contribution < -0.4 is 16.4 Å². The Balaban J connectivity index is 1.90. The van der Waals surface area contributed by atoms with Crippen LogP contribution in [0.1, 0.15) is 31.0 Å². The van der Waals surface area contributed by atoms with Crippen LogP contribution in [-0.4, -0.2) is 31.0 Å². The number of ether oxygens (including phenoxy) is 1. The monoisotopic (exact) mass is 383 g/mol. The van der Waals surface area contributed by atoms with Crippen molar-refractivity contribution < 1.29 is 14.3 Å². The molecular formula is C22H29N3O3. The van der Waals surface area contributed by atoms with Crippen molar-refractivity contribution in [3.8, 4) is 0 Å².